The number of aryl methyl sites for hydroxylation is 1. The van der Waals surface area contributed by atoms with Crippen molar-refractivity contribution in [3.05, 3.63) is 35.5 Å². The second kappa shape index (κ2) is 6.04. The minimum absolute atomic E-state index is 0. The summed E-state index contributed by atoms with van der Waals surface area (Å²) in [7, 11) is 0. The Labute approximate surface area is 132 Å². The molecular weight excluding hydrogens is 314 g/mol. The second-order valence-corrected chi connectivity index (χ2v) is 5.23. The molecule has 2 aromatic rings. The van der Waals surface area contributed by atoms with E-state index in [9.17, 15) is 18.7 Å². The van der Waals surface area contributed by atoms with E-state index < -0.39 is 23.6 Å². The predicted molar refractivity (Wildman–Crippen MR) is 81.6 cm³/mol. The Bertz CT molecular complexity index is 739. The van der Waals surface area contributed by atoms with Gasteiger partial charge in [-0.1, -0.05) is 0 Å². The molecule has 0 amide bonds. The largest absolute Gasteiger partial charge is 0.480 e. The highest BCUT2D eigenvalue weighted by Gasteiger charge is 2.32. The van der Waals surface area contributed by atoms with Crippen molar-refractivity contribution in [2.75, 3.05) is 11.4 Å². The van der Waals surface area contributed by atoms with Crippen LogP contribution in [0.2, 0.25) is 0 Å². The number of hydrogen-bond acceptors (Lipinski definition) is 3. The molecule has 2 heterocycles. The maximum absolute atomic E-state index is 13.9. The smallest absolute Gasteiger partial charge is 0.326 e. The van der Waals surface area contributed by atoms with Crippen molar-refractivity contribution >= 4 is 35.0 Å². The standard InChI is InChI=1S/C15H14F2N2O2.ClH/c1-8-7-12(19-6-2-3-11(19)15(20)21)9-4-5-10(16)13(17)14(9)18-8;/h4-5,7,11H,2-3,6H2,1H3,(H,20,21);1H. The van der Waals surface area contributed by atoms with Crippen molar-refractivity contribution in [1.82, 2.24) is 4.98 Å². The average molecular weight is 329 g/mol. The van der Waals surface area contributed by atoms with Crippen molar-refractivity contribution < 1.29 is 18.7 Å². The Kier molecular flexibility index (Phi) is 4.51. The number of fused-ring (bicyclic) bond motifs is 1. The lowest BCUT2D eigenvalue weighted by atomic mass is 10.1. The van der Waals surface area contributed by atoms with Crippen LogP contribution in [0, 0.1) is 18.6 Å². The fourth-order valence-corrected chi connectivity index (χ4v) is 2.89. The first kappa shape index (κ1) is 16.4. The molecule has 7 heteroatoms. The van der Waals surface area contributed by atoms with Gasteiger partial charge in [0.05, 0.1) is 0 Å². The van der Waals surface area contributed by atoms with Crippen LogP contribution in [-0.2, 0) is 4.79 Å². The molecule has 0 spiro atoms. The predicted octanol–water partition coefficient (Wildman–Crippen LogP) is 3.30. The van der Waals surface area contributed by atoms with Gasteiger partial charge in [0.2, 0.25) is 0 Å². The number of aliphatic carboxylic acids is 1. The first-order chi connectivity index (χ1) is 9.99. The number of hydrogen-bond donors (Lipinski definition) is 1. The number of carboxylic acids is 1. The molecule has 22 heavy (non-hydrogen) atoms. The summed E-state index contributed by atoms with van der Waals surface area (Å²) in [6, 6.07) is 3.58. The van der Waals surface area contributed by atoms with Crippen LogP contribution in [-0.4, -0.2) is 28.6 Å². The van der Waals surface area contributed by atoms with E-state index in [4.69, 9.17) is 0 Å². The Balaban J connectivity index is 0.00000176. The van der Waals surface area contributed by atoms with Gasteiger partial charge in [-0.15, -0.1) is 12.4 Å². The maximum Gasteiger partial charge on any atom is 0.326 e. The van der Waals surface area contributed by atoms with E-state index in [0.717, 1.165) is 12.5 Å². The molecule has 118 valence electrons. The Morgan fingerprint density at radius 3 is 2.82 bits per heavy atom. The number of anilines is 1. The molecule has 0 bridgehead atoms. The van der Waals surface area contributed by atoms with E-state index in [2.05, 4.69) is 4.98 Å². The molecule has 1 N–H and O–H groups in total. The van der Waals surface area contributed by atoms with Gasteiger partial charge in [-0.2, -0.15) is 0 Å². The summed E-state index contributed by atoms with van der Waals surface area (Å²) in [5.74, 6) is -2.86. The lowest BCUT2D eigenvalue weighted by Crippen LogP contribution is -2.36. The van der Waals surface area contributed by atoms with Gasteiger partial charge < -0.3 is 10.0 Å². The van der Waals surface area contributed by atoms with Crippen molar-refractivity contribution in [2.45, 2.75) is 25.8 Å². The van der Waals surface area contributed by atoms with Crippen molar-refractivity contribution in [3.63, 3.8) is 0 Å². The first-order valence-corrected chi connectivity index (χ1v) is 6.74. The third-order valence-corrected chi connectivity index (χ3v) is 3.83. The third kappa shape index (κ3) is 2.59. The van der Waals surface area contributed by atoms with Crippen LogP contribution in [0.3, 0.4) is 0 Å². The zero-order valence-corrected chi connectivity index (χ0v) is 12.7. The van der Waals surface area contributed by atoms with Crippen LogP contribution in [0.15, 0.2) is 18.2 Å². The van der Waals surface area contributed by atoms with Gasteiger partial charge in [0.1, 0.15) is 11.6 Å². The summed E-state index contributed by atoms with van der Waals surface area (Å²) in [6.45, 7) is 2.26. The zero-order chi connectivity index (χ0) is 15.1. The lowest BCUT2D eigenvalue weighted by Gasteiger charge is -2.25. The number of carbonyl (C=O) groups is 1. The van der Waals surface area contributed by atoms with E-state index in [1.807, 2.05) is 0 Å². The summed E-state index contributed by atoms with van der Waals surface area (Å²) in [4.78, 5) is 17.1. The number of aromatic nitrogens is 1. The number of nitrogens with zero attached hydrogens (tertiary/aromatic N) is 2. The molecule has 1 fully saturated rings. The molecule has 1 aliphatic rings. The number of carboxylic acid groups (broad SMARTS) is 1. The zero-order valence-electron chi connectivity index (χ0n) is 11.8. The Morgan fingerprint density at radius 2 is 2.14 bits per heavy atom. The minimum atomic E-state index is -0.997. The van der Waals surface area contributed by atoms with Gasteiger partial charge in [-0.3, -0.25) is 0 Å². The molecule has 1 atom stereocenters. The van der Waals surface area contributed by atoms with E-state index in [-0.39, 0.29) is 17.9 Å². The highest BCUT2D eigenvalue weighted by molar-refractivity contribution is 5.94. The molecule has 3 rings (SSSR count). The quantitative estimate of drug-likeness (QED) is 0.919. The number of benzene rings is 1. The molecule has 4 nitrogen and oxygen atoms in total. The molecular formula is C15H15ClF2N2O2. The molecule has 1 aromatic carbocycles. The van der Waals surface area contributed by atoms with Crippen molar-refractivity contribution in [3.8, 4) is 0 Å². The maximum atomic E-state index is 13.9. The van der Waals surface area contributed by atoms with Crippen LogP contribution in [0.25, 0.3) is 10.9 Å². The summed E-state index contributed by atoms with van der Waals surface area (Å²) in [6.07, 6.45) is 1.30. The third-order valence-electron chi connectivity index (χ3n) is 3.83. The fourth-order valence-electron chi connectivity index (χ4n) is 2.89. The molecule has 1 aliphatic heterocycles. The molecule has 0 saturated carbocycles. The molecule has 1 saturated heterocycles. The SMILES string of the molecule is Cc1cc(N2CCCC2C(=O)O)c2ccc(F)c(F)c2n1.Cl. The van der Waals surface area contributed by atoms with Crippen LogP contribution in [0.1, 0.15) is 18.5 Å². The topological polar surface area (TPSA) is 53.4 Å². The Morgan fingerprint density at radius 1 is 1.41 bits per heavy atom. The van der Waals surface area contributed by atoms with Gasteiger partial charge in [-0.25, -0.2) is 18.6 Å². The van der Waals surface area contributed by atoms with Crippen LogP contribution < -0.4 is 4.90 Å². The van der Waals surface area contributed by atoms with E-state index in [1.54, 1.807) is 17.9 Å². The number of rotatable bonds is 2. The summed E-state index contributed by atoms with van der Waals surface area (Å²) in [5.41, 5.74) is 1.07. The van der Waals surface area contributed by atoms with Gasteiger partial charge in [0, 0.05) is 23.3 Å². The van der Waals surface area contributed by atoms with E-state index in [1.165, 1.54) is 6.07 Å². The average Bonchev–Trinajstić information content (AvgIpc) is 2.92. The molecule has 1 unspecified atom stereocenters. The summed E-state index contributed by atoms with van der Waals surface area (Å²) in [5, 5.41) is 9.73. The van der Waals surface area contributed by atoms with Crippen LogP contribution in [0.5, 0.6) is 0 Å². The molecule has 1 aromatic heterocycles. The first-order valence-electron chi connectivity index (χ1n) is 6.74. The van der Waals surface area contributed by atoms with Crippen molar-refractivity contribution in [1.29, 1.82) is 0 Å². The van der Waals surface area contributed by atoms with Gasteiger partial charge in [-0.05, 0) is 38.0 Å². The highest BCUT2D eigenvalue weighted by Crippen LogP contribution is 2.33. The molecule has 0 radical (unpaired) electrons. The minimum Gasteiger partial charge on any atom is -0.480 e. The van der Waals surface area contributed by atoms with Gasteiger partial charge in [0.15, 0.2) is 11.6 Å². The summed E-state index contributed by atoms with van der Waals surface area (Å²) < 4.78 is 27.3. The fraction of sp³-hybridized carbons (Fsp3) is 0.333. The number of pyridine rings is 1. The van der Waals surface area contributed by atoms with Crippen molar-refractivity contribution in [2.24, 2.45) is 0 Å². The van der Waals surface area contributed by atoms with Gasteiger partial charge in [0.25, 0.3) is 0 Å². The van der Waals surface area contributed by atoms with E-state index in [0.29, 0.717) is 29.7 Å². The Hall–Kier alpha value is -1.95. The monoisotopic (exact) mass is 328 g/mol. The number of halogens is 3. The normalized spacial score (nSPS) is 17.6. The lowest BCUT2D eigenvalue weighted by molar-refractivity contribution is -0.138. The van der Waals surface area contributed by atoms with Crippen LogP contribution in [0.4, 0.5) is 14.5 Å². The summed E-state index contributed by atoms with van der Waals surface area (Å²) >= 11 is 0. The second-order valence-electron chi connectivity index (χ2n) is 5.23. The van der Waals surface area contributed by atoms with E-state index >= 15 is 0 Å². The molecule has 0 aliphatic carbocycles. The van der Waals surface area contributed by atoms with Crippen LogP contribution >= 0.6 is 12.4 Å². The van der Waals surface area contributed by atoms with Gasteiger partial charge >= 0.3 is 5.97 Å². The highest BCUT2D eigenvalue weighted by atomic mass is 35.5.